The normalized spacial score (nSPS) is 15.3. The maximum atomic E-state index is 5.79. The minimum Gasteiger partial charge on any atom is -0.375 e. The fourth-order valence-corrected chi connectivity index (χ4v) is 0.645. The van der Waals surface area contributed by atoms with Gasteiger partial charge in [0, 0.05) is 21.3 Å². The predicted molar refractivity (Wildman–Crippen MR) is 39.1 cm³/mol. The van der Waals surface area contributed by atoms with Crippen LogP contribution in [0.2, 0.25) is 0 Å². The Balaban J connectivity index is 4.02. The topological polar surface area (TPSA) is 27.7 Å². The Morgan fingerprint density at radius 1 is 1.20 bits per heavy atom. The lowest BCUT2D eigenvalue weighted by Crippen LogP contribution is -2.39. The average molecular weight is 169 g/mol. The van der Waals surface area contributed by atoms with E-state index in [0.29, 0.717) is 0 Å². The Morgan fingerprint density at radius 3 is 1.70 bits per heavy atom. The molecule has 0 aromatic heterocycles. The zero-order chi connectivity index (χ0) is 8.20. The van der Waals surface area contributed by atoms with E-state index in [0.717, 1.165) is 0 Å². The van der Waals surface area contributed by atoms with E-state index in [4.69, 9.17) is 25.8 Å². The second-order valence-electron chi connectivity index (χ2n) is 1.87. The number of ether oxygens (including phenoxy) is 3. The summed E-state index contributed by atoms with van der Waals surface area (Å²) in [5.41, 5.74) is 0. The van der Waals surface area contributed by atoms with Gasteiger partial charge < -0.3 is 14.2 Å². The molecule has 0 N–H and O–H groups in total. The van der Waals surface area contributed by atoms with Crippen molar-refractivity contribution in [2.45, 2.75) is 18.3 Å². The molecule has 0 saturated carbocycles. The van der Waals surface area contributed by atoms with Gasteiger partial charge in [-0.2, -0.15) is 0 Å². The molecular formula is C6H13ClO3. The van der Waals surface area contributed by atoms with Crippen molar-refractivity contribution in [3.8, 4) is 0 Å². The summed E-state index contributed by atoms with van der Waals surface area (Å²) in [5.74, 6) is 0. The third-order valence-corrected chi connectivity index (χ3v) is 2.01. The lowest BCUT2D eigenvalue weighted by atomic mass is 10.4. The molecule has 0 aliphatic heterocycles. The summed E-state index contributed by atoms with van der Waals surface area (Å²) in [6.45, 7) is 1.76. The van der Waals surface area contributed by atoms with Gasteiger partial charge in [-0.25, -0.2) is 0 Å². The third-order valence-electron chi connectivity index (χ3n) is 1.40. The van der Waals surface area contributed by atoms with E-state index in [-0.39, 0.29) is 6.10 Å². The molecule has 4 heteroatoms. The van der Waals surface area contributed by atoms with Gasteiger partial charge in [-0.05, 0) is 6.92 Å². The first-order valence-corrected chi connectivity index (χ1v) is 3.30. The fourth-order valence-electron chi connectivity index (χ4n) is 0.556. The van der Waals surface area contributed by atoms with Crippen molar-refractivity contribution in [1.29, 1.82) is 0 Å². The molecule has 0 aromatic rings. The molecule has 1 unspecified atom stereocenters. The number of halogens is 1. The molecule has 0 rings (SSSR count). The number of hydrogen-bond acceptors (Lipinski definition) is 3. The van der Waals surface area contributed by atoms with Gasteiger partial charge in [-0.15, -0.1) is 0 Å². The highest BCUT2D eigenvalue weighted by atomic mass is 35.5. The third kappa shape index (κ3) is 2.09. The van der Waals surface area contributed by atoms with E-state index in [1.165, 1.54) is 14.2 Å². The average Bonchev–Trinajstić information content (AvgIpc) is 2.01. The van der Waals surface area contributed by atoms with Gasteiger partial charge in [0.2, 0.25) is 0 Å². The Morgan fingerprint density at radius 2 is 1.60 bits per heavy atom. The van der Waals surface area contributed by atoms with Crippen molar-refractivity contribution in [3.63, 3.8) is 0 Å². The molecule has 3 nitrogen and oxygen atoms in total. The number of rotatable bonds is 4. The summed E-state index contributed by atoms with van der Waals surface area (Å²) >= 11 is 5.79. The van der Waals surface area contributed by atoms with Crippen LogP contribution < -0.4 is 0 Å². The van der Waals surface area contributed by atoms with E-state index in [2.05, 4.69) is 0 Å². The molecule has 0 aliphatic rings. The SMILES string of the molecule is COC(C)C(Cl)(OC)OC. The van der Waals surface area contributed by atoms with Crippen LogP contribution in [0.5, 0.6) is 0 Å². The highest BCUT2D eigenvalue weighted by Gasteiger charge is 2.34. The lowest BCUT2D eigenvalue weighted by molar-refractivity contribution is -0.202. The van der Waals surface area contributed by atoms with Gasteiger partial charge >= 0.3 is 0 Å². The summed E-state index contributed by atoms with van der Waals surface area (Å²) in [5, 5.41) is -1.16. The van der Waals surface area contributed by atoms with Gasteiger partial charge in [0.1, 0.15) is 6.10 Å². The van der Waals surface area contributed by atoms with E-state index in [1.54, 1.807) is 14.0 Å². The van der Waals surface area contributed by atoms with Crippen LogP contribution in [0.1, 0.15) is 6.92 Å². The fraction of sp³-hybridized carbons (Fsp3) is 1.00. The molecular weight excluding hydrogens is 156 g/mol. The molecule has 0 bridgehead atoms. The van der Waals surface area contributed by atoms with E-state index in [1.807, 2.05) is 0 Å². The smallest absolute Gasteiger partial charge is 0.274 e. The maximum absolute atomic E-state index is 5.79. The van der Waals surface area contributed by atoms with Crippen LogP contribution in [0.15, 0.2) is 0 Å². The number of hydrogen-bond donors (Lipinski definition) is 0. The number of methoxy groups -OCH3 is 3. The van der Waals surface area contributed by atoms with Crippen LogP contribution in [0, 0.1) is 0 Å². The Kier molecular flexibility index (Phi) is 4.20. The minimum absolute atomic E-state index is 0.302. The molecule has 0 radical (unpaired) electrons. The first-order valence-electron chi connectivity index (χ1n) is 2.92. The summed E-state index contributed by atoms with van der Waals surface area (Å²) in [6.07, 6.45) is -0.302. The maximum Gasteiger partial charge on any atom is 0.274 e. The Labute approximate surface area is 66.2 Å². The van der Waals surface area contributed by atoms with Crippen LogP contribution in [0.25, 0.3) is 0 Å². The molecule has 0 aromatic carbocycles. The van der Waals surface area contributed by atoms with Gasteiger partial charge in [0.05, 0.1) is 0 Å². The lowest BCUT2D eigenvalue weighted by Gasteiger charge is -2.28. The van der Waals surface area contributed by atoms with Crippen molar-refractivity contribution < 1.29 is 14.2 Å². The summed E-state index contributed by atoms with van der Waals surface area (Å²) in [6, 6.07) is 0. The van der Waals surface area contributed by atoms with Crippen molar-refractivity contribution >= 4 is 11.6 Å². The molecule has 0 saturated heterocycles. The van der Waals surface area contributed by atoms with E-state index < -0.39 is 5.25 Å². The molecule has 1 atom stereocenters. The monoisotopic (exact) mass is 168 g/mol. The molecule has 0 spiro atoms. The summed E-state index contributed by atoms with van der Waals surface area (Å²) < 4.78 is 14.6. The van der Waals surface area contributed by atoms with Gasteiger partial charge in [-0.3, -0.25) is 0 Å². The molecule has 0 heterocycles. The highest BCUT2D eigenvalue weighted by molar-refractivity contribution is 6.22. The molecule has 0 amide bonds. The second kappa shape index (κ2) is 4.13. The van der Waals surface area contributed by atoms with Crippen LogP contribution >= 0.6 is 11.6 Å². The van der Waals surface area contributed by atoms with E-state index >= 15 is 0 Å². The van der Waals surface area contributed by atoms with Crippen molar-refractivity contribution in [1.82, 2.24) is 0 Å². The minimum atomic E-state index is -1.16. The Bertz CT molecular complexity index is 93.0. The molecule has 0 aliphatic carbocycles. The summed E-state index contributed by atoms with van der Waals surface area (Å²) in [4.78, 5) is 0. The molecule has 62 valence electrons. The van der Waals surface area contributed by atoms with E-state index in [9.17, 15) is 0 Å². The largest absolute Gasteiger partial charge is 0.375 e. The first kappa shape index (κ1) is 10.2. The van der Waals surface area contributed by atoms with Crippen LogP contribution in [-0.4, -0.2) is 32.7 Å². The standard InChI is InChI=1S/C6H13ClO3/c1-5(8-2)6(7,9-3)10-4/h5H,1-4H3. The van der Waals surface area contributed by atoms with Crippen LogP contribution in [-0.2, 0) is 14.2 Å². The van der Waals surface area contributed by atoms with Crippen molar-refractivity contribution in [2.24, 2.45) is 0 Å². The van der Waals surface area contributed by atoms with Gasteiger partial charge in [-0.1, -0.05) is 11.6 Å². The zero-order valence-corrected chi connectivity index (χ0v) is 7.44. The van der Waals surface area contributed by atoms with Crippen molar-refractivity contribution in [2.75, 3.05) is 21.3 Å². The predicted octanol–water partition coefficient (Wildman–Crippen LogP) is 1.21. The van der Waals surface area contributed by atoms with Crippen molar-refractivity contribution in [3.05, 3.63) is 0 Å². The molecule has 10 heavy (non-hydrogen) atoms. The van der Waals surface area contributed by atoms with Gasteiger partial charge in [0.25, 0.3) is 5.25 Å². The zero-order valence-electron chi connectivity index (χ0n) is 6.68. The van der Waals surface area contributed by atoms with Crippen LogP contribution in [0.3, 0.4) is 0 Å². The van der Waals surface area contributed by atoms with Gasteiger partial charge in [0.15, 0.2) is 0 Å². The highest BCUT2D eigenvalue weighted by Crippen LogP contribution is 2.23. The molecule has 0 fully saturated rings. The number of alkyl halides is 1. The summed E-state index contributed by atoms with van der Waals surface area (Å²) in [7, 11) is 4.47. The van der Waals surface area contributed by atoms with Crippen LogP contribution in [0.4, 0.5) is 0 Å². The quantitative estimate of drug-likeness (QED) is 0.467. The first-order chi connectivity index (χ1) is 4.60. The Hall–Kier alpha value is 0.170. The second-order valence-corrected chi connectivity index (χ2v) is 2.40.